The van der Waals surface area contributed by atoms with Crippen molar-refractivity contribution in [2.45, 2.75) is 36.6 Å². The van der Waals surface area contributed by atoms with Gasteiger partial charge in [0.1, 0.15) is 0 Å². The number of aryl methyl sites for hydroxylation is 1. The zero-order valence-corrected chi connectivity index (χ0v) is 10.4. The van der Waals surface area contributed by atoms with Crippen LogP contribution in [0.3, 0.4) is 0 Å². The van der Waals surface area contributed by atoms with E-state index in [0.717, 1.165) is 19.4 Å². The smallest absolute Gasteiger partial charge is 0.0701 e. The highest BCUT2D eigenvalue weighted by Crippen LogP contribution is 2.24. The van der Waals surface area contributed by atoms with E-state index in [2.05, 4.69) is 46.3 Å². The molecule has 82 valence electrons. The second-order valence-corrected chi connectivity index (χ2v) is 5.27. The van der Waals surface area contributed by atoms with Gasteiger partial charge in [0.05, 0.1) is 6.10 Å². The maximum absolute atomic E-state index is 5.66. The number of ether oxygens (including phenoxy) is 1. The van der Waals surface area contributed by atoms with Gasteiger partial charge in [0.15, 0.2) is 0 Å². The molecule has 1 heterocycles. The molecule has 2 heteroatoms. The number of benzene rings is 1. The highest BCUT2D eigenvalue weighted by atomic mass is 79.9. The van der Waals surface area contributed by atoms with Crippen molar-refractivity contribution >= 4 is 15.9 Å². The minimum absolute atomic E-state index is 0.439. The minimum Gasteiger partial charge on any atom is -0.377 e. The lowest BCUT2D eigenvalue weighted by atomic mass is 10.0. The molecule has 0 spiro atoms. The molecule has 0 unspecified atom stereocenters. The van der Waals surface area contributed by atoms with E-state index in [1.807, 2.05) is 0 Å². The van der Waals surface area contributed by atoms with Gasteiger partial charge in [-0.3, -0.25) is 0 Å². The van der Waals surface area contributed by atoms with Gasteiger partial charge in [0.2, 0.25) is 0 Å². The molecular formula is C13H17BrO. The van der Waals surface area contributed by atoms with E-state index < -0.39 is 0 Å². The number of alkyl halides is 1. The third-order valence-corrected chi connectivity index (χ3v) is 3.97. The predicted octanol–water partition coefficient (Wildman–Crippen LogP) is 3.56. The van der Waals surface area contributed by atoms with Gasteiger partial charge in [-0.1, -0.05) is 46.3 Å². The Hall–Kier alpha value is -0.340. The lowest BCUT2D eigenvalue weighted by Crippen LogP contribution is -2.19. The summed E-state index contributed by atoms with van der Waals surface area (Å²) in [4.78, 5) is 0.514. The SMILES string of the molecule is Br[C@@H](CCc1ccccc1)[C@H]1CCCO1. The van der Waals surface area contributed by atoms with Gasteiger partial charge in [0.25, 0.3) is 0 Å². The number of halogens is 1. The molecule has 2 atom stereocenters. The summed E-state index contributed by atoms with van der Waals surface area (Å²) in [7, 11) is 0. The van der Waals surface area contributed by atoms with E-state index in [-0.39, 0.29) is 0 Å². The first-order chi connectivity index (χ1) is 7.36. The molecule has 15 heavy (non-hydrogen) atoms. The van der Waals surface area contributed by atoms with Crippen molar-refractivity contribution in [3.05, 3.63) is 35.9 Å². The van der Waals surface area contributed by atoms with E-state index in [1.54, 1.807) is 0 Å². The third kappa shape index (κ3) is 3.32. The summed E-state index contributed by atoms with van der Waals surface area (Å²) in [6.07, 6.45) is 5.17. The van der Waals surface area contributed by atoms with E-state index >= 15 is 0 Å². The van der Waals surface area contributed by atoms with Gasteiger partial charge < -0.3 is 4.74 Å². The molecule has 1 aliphatic rings. The summed E-state index contributed by atoms with van der Waals surface area (Å²) >= 11 is 3.74. The van der Waals surface area contributed by atoms with Gasteiger partial charge in [-0.2, -0.15) is 0 Å². The van der Waals surface area contributed by atoms with Crippen molar-refractivity contribution in [1.29, 1.82) is 0 Å². The Morgan fingerprint density at radius 2 is 2.13 bits per heavy atom. The Balaban J connectivity index is 1.77. The molecule has 2 rings (SSSR count). The van der Waals surface area contributed by atoms with E-state index in [9.17, 15) is 0 Å². The molecule has 0 amide bonds. The molecule has 0 saturated carbocycles. The van der Waals surface area contributed by atoms with Crippen molar-refractivity contribution in [2.24, 2.45) is 0 Å². The molecule has 1 saturated heterocycles. The fourth-order valence-corrected chi connectivity index (χ4v) is 2.67. The van der Waals surface area contributed by atoms with Crippen molar-refractivity contribution in [3.63, 3.8) is 0 Å². The predicted molar refractivity (Wildman–Crippen MR) is 66.5 cm³/mol. The Labute approximate surface area is 100.0 Å². The van der Waals surface area contributed by atoms with Gasteiger partial charge in [-0.15, -0.1) is 0 Å². The fraction of sp³-hybridized carbons (Fsp3) is 0.538. The lowest BCUT2D eigenvalue weighted by molar-refractivity contribution is 0.108. The van der Waals surface area contributed by atoms with Crippen molar-refractivity contribution in [2.75, 3.05) is 6.61 Å². The maximum Gasteiger partial charge on any atom is 0.0701 e. The fourth-order valence-electron chi connectivity index (χ4n) is 2.02. The van der Waals surface area contributed by atoms with E-state index in [1.165, 1.54) is 18.4 Å². The van der Waals surface area contributed by atoms with Crippen molar-refractivity contribution in [3.8, 4) is 0 Å². The largest absolute Gasteiger partial charge is 0.377 e. The Morgan fingerprint density at radius 1 is 1.33 bits per heavy atom. The van der Waals surface area contributed by atoms with Crippen LogP contribution in [0.15, 0.2) is 30.3 Å². The minimum atomic E-state index is 0.439. The molecule has 0 aromatic heterocycles. The van der Waals surface area contributed by atoms with Crippen LogP contribution in [0.1, 0.15) is 24.8 Å². The molecule has 1 aromatic rings. The zero-order valence-electron chi connectivity index (χ0n) is 8.86. The standard InChI is InChI=1S/C13H17BrO/c14-12(13-7-4-10-15-13)9-8-11-5-2-1-3-6-11/h1-3,5-6,12-13H,4,7-10H2/t12-,13+/m0/s1. The molecule has 1 nitrogen and oxygen atoms in total. The van der Waals surface area contributed by atoms with Crippen LogP contribution in [-0.4, -0.2) is 17.5 Å². The Kier molecular flexibility index (Phi) is 4.21. The highest BCUT2D eigenvalue weighted by Gasteiger charge is 2.23. The maximum atomic E-state index is 5.66. The zero-order chi connectivity index (χ0) is 10.5. The average molecular weight is 269 g/mol. The average Bonchev–Trinajstić information content (AvgIpc) is 2.81. The topological polar surface area (TPSA) is 9.23 Å². The van der Waals surface area contributed by atoms with Gasteiger partial charge in [-0.05, 0) is 31.2 Å². The summed E-state index contributed by atoms with van der Waals surface area (Å²) in [5.74, 6) is 0. The second-order valence-electron chi connectivity index (χ2n) is 4.09. The number of hydrogen-bond donors (Lipinski definition) is 0. The van der Waals surface area contributed by atoms with Crippen LogP contribution in [0.25, 0.3) is 0 Å². The van der Waals surface area contributed by atoms with Crippen LogP contribution in [0.4, 0.5) is 0 Å². The molecule has 0 radical (unpaired) electrons. The van der Waals surface area contributed by atoms with Gasteiger partial charge in [-0.25, -0.2) is 0 Å². The van der Waals surface area contributed by atoms with Crippen LogP contribution in [0.5, 0.6) is 0 Å². The highest BCUT2D eigenvalue weighted by molar-refractivity contribution is 9.09. The van der Waals surface area contributed by atoms with Crippen LogP contribution >= 0.6 is 15.9 Å². The third-order valence-electron chi connectivity index (χ3n) is 2.92. The monoisotopic (exact) mass is 268 g/mol. The first-order valence-electron chi connectivity index (χ1n) is 5.66. The van der Waals surface area contributed by atoms with Crippen LogP contribution < -0.4 is 0 Å². The number of rotatable bonds is 4. The Bertz CT molecular complexity index is 280. The molecule has 1 fully saturated rings. The molecular weight excluding hydrogens is 252 g/mol. The summed E-state index contributed by atoms with van der Waals surface area (Å²) in [6, 6.07) is 10.6. The summed E-state index contributed by atoms with van der Waals surface area (Å²) in [5, 5.41) is 0. The molecule has 1 aliphatic heterocycles. The molecule has 0 N–H and O–H groups in total. The Morgan fingerprint density at radius 3 is 2.80 bits per heavy atom. The second kappa shape index (κ2) is 5.66. The summed E-state index contributed by atoms with van der Waals surface area (Å²) in [5.41, 5.74) is 1.42. The van der Waals surface area contributed by atoms with Crippen LogP contribution in [0.2, 0.25) is 0 Å². The van der Waals surface area contributed by atoms with Crippen LogP contribution in [-0.2, 0) is 11.2 Å². The van der Waals surface area contributed by atoms with Crippen molar-refractivity contribution < 1.29 is 4.74 Å². The van der Waals surface area contributed by atoms with Gasteiger partial charge in [0, 0.05) is 11.4 Å². The van der Waals surface area contributed by atoms with E-state index in [0.29, 0.717) is 10.9 Å². The molecule has 1 aromatic carbocycles. The van der Waals surface area contributed by atoms with Gasteiger partial charge >= 0.3 is 0 Å². The lowest BCUT2D eigenvalue weighted by Gasteiger charge is -2.16. The van der Waals surface area contributed by atoms with E-state index in [4.69, 9.17) is 4.74 Å². The number of hydrogen-bond acceptors (Lipinski definition) is 1. The molecule has 0 bridgehead atoms. The first-order valence-corrected chi connectivity index (χ1v) is 6.57. The van der Waals surface area contributed by atoms with Crippen molar-refractivity contribution in [1.82, 2.24) is 0 Å². The first kappa shape index (κ1) is 11.2. The van der Waals surface area contributed by atoms with Crippen LogP contribution in [0, 0.1) is 0 Å². The summed E-state index contributed by atoms with van der Waals surface area (Å²) in [6.45, 7) is 0.943. The quantitative estimate of drug-likeness (QED) is 0.759. The molecule has 0 aliphatic carbocycles. The summed E-state index contributed by atoms with van der Waals surface area (Å²) < 4.78 is 5.66. The normalized spacial score (nSPS) is 22.9.